The molecule has 4 nitrogen and oxygen atoms in total. The lowest BCUT2D eigenvalue weighted by atomic mass is 10.3. The molecule has 1 fully saturated rings. The van der Waals surface area contributed by atoms with Crippen LogP contribution in [0, 0.1) is 5.92 Å². The van der Waals surface area contributed by atoms with Crippen LogP contribution in [0.25, 0.3) is 0 Å². The quantitative estimate of drug-likeness (QED) is 0.788. The van der Waals surface area contributed by atoms with E-state index < -0.39 is 0 Å². The first-order valence-electron chi connectivity index (χ1n) is 5.94. The molecule has 3 rings (SSSR count). The summed E-state index contributed by atoms with van der Waals surface area (Å²) in [6.45, 7) is 1.53. The number of aromatic nitrogens is 3. The number of rotatable bonds is 5. The number of ether oxygens (including phenoxy) is 1. The van der Waals surface area contributed by atoms with Gasteiger partial charge in [0.25, 0.3) is 0 Å². The molecule has 1 aliphatic rings. The van der Waals surface area contributed by atoms with Crippen molar-refractivity contribution in [2.75, 3.05) is 6.61 Å². The molecule has 0 saturated heterocycles. The normalized spacial score (nSPS) is 14.8. The number of imidazole rings is 1. The van der Waals surface area contributed by atoms with Crippen molar-refractivity contribution in [1.29, 1.82) is 0 Å². The van der Waals surface area contributed by atoms with Gasteiger partial charge in [-0.25, -0.2) is 4.98 Å². The summed E-state index contributed by atoms with van der Waals surface area (Å²) in [6, 6.07) is 3.90. The highest BCUT2D eigenvalue weighted by Gasteiger charge is 2.22. The highest BCUT2D eigenvalue weighted by atomic mass is 16.5. The summed E-state index contributed by atoms with van der Waals surface area (Å²) in [5.41, 5.74) is 0.964. The Morgan fingerprint density at radius 2 is 2.29 bits per heavy atom. The predicted molar refractivity (Wildman–Crippen MR) is 63.8 cm³/mol. The van der Waals surface area contributed by atoms with Crippen LogP contribution in [-0.2, 0) is 6.54 Å². The minimum atomic E-state index is 0.709. The molecule has 0 unspecified atom stereocenters. The standard InChI is InChI=1S/C13H15N3O/c1-2-13(17-9-11-3-4-11)12(15-5-1)8-16-7-6-14-10-16/h1-2,5-7,10-11H,3-4,8-9H2. The SMILES string of the molecule is c1cnc(Cn2ccnc2)c(OCC2CC2)c1. The number of hydrogen-bond acceptors (Lipinski definition) is 3. The molecule has 0 amide bonds. The molecule has 1 aliphatic carbocycles. The number of pyridine rings is 1. The molecule has 0 spiro atoms. The second kappa shape index (κ2) is 4.57. The van der Waals surface area contributed by atoms with E-state index in [-0.39, 0.29) is 0 Å². The number of nitrogens with zero attached hydrogens (tertiary/aromatic N) is 3. The first-order valence-corrected chi connectivity index (χ1v) is 5.94. The van der Waals surface area contributed by atoms with Crippen molar-refractivity contribution in [3.63, 3.8) is 0 Å². The van der Waals surface area contributed by atoms with Gasteiger partial charge < -0.3 is 9.30 Å². The van der Waals surface area contributed by atoms with Gasteiger partial charge in [-0.05, 0) is 30.9 Å². The molecule has 2 heterocycles. The van der Waals surface area contributed by atoms with Crippen molar-refractivity contribution < 1.29 is 4.74 Å². The maximum atomic E-state index is 5.81. The molecule has 0 aliphatic heterocycles. The molecular formula is C13H15N3O. The lowest BCUT2D eigenvalue weighted by Gasteiger charge is -2.10. The molecule has 88 valence electrons. The molecule has 0 bridgehead atoms. The van der Waals surface area contributed by atoms with E-state index in [0.717, 1.165) is 24.0 Å². The van der Waals surface area contributed by atoms with E-state index in [0.29, 0.717) is 6.54 Å². The summed E-state index contributed by atoms with van der Waals surface area (Å²) in [5.74, 6) is 1.66. The third-order valence-corrected chi connectivity index (χ3v) is 2.91. The Morgan fingerprint density at radius 1 is 1.35 bits per heavy atom. The molecular weight excluding hydrogens is 214 g/mol. The first-order chi connectivity index (χ1) is 8.42. The summed E-state index contributed by atoms with van der Waals surface area (Å²) >= 11 is 0. The molecule has 0 aromatic carbocycles. The summed E-state index contributed by atoms with van der Waals surface area (Å²) in [6.07, 6.45) is 9.90. The molecule has 0 radical (unpaired) electrons. The van der Waals surface area contributed by atoms with Gasteiger partial charge in [0.2, 0.25) is 0 Å². The van der Waals surface area contributed by atoms with E-state index >= 15 is 0 Å². The first kappa shape index (κ1) is 10.3. The average Bonchev–Trinajstić information content (AvgIpc) is 3.05. The van der Waals surface area contributed by atoms with Gasteiger partial charge in [-0.2, -0.15) is 0 Å². The highest BCUT2D eigenvalue weighted by Crippen LogP contribution is 2.30. The van der Waals surface area contributed by atoms with E-state index in [4.69, 9.17) is 4.74 Å². The van der Waals surface area contributed by atoms with E-state index in [9.17, 15) is 0 Å². The Morgan fingerprint density at radius 3 is 3.06 bits per heavy atom. The topological polar surface area (TPSA) is 39.9 Å². The van der Waals surface area contributed by atoms with E-state index in [1.807, 2.05) is 22.9 Å². The van der Waals surface area contributed by atoms with Gasteiger partial charge in [0.05, 0.1) is 19.5 Å². The van der Waals surface area contributed by atoms with Crippen LogP contribution < -0.4 is 4.74 Å². The summed E-state index contributed by atoms with van der Waals surface area (Å²) in [4.78, 5) is 8.40. The second-order valence-corrected chi connectivity index (χ2v) is 4.44. The van der Waals surface area contributed by atoms with Crippen LogP contribution in [0.1, 0.15) is 18.5 Å². The average molecular weight is 229 g/mol. The Bertz CT molecular complexity index is 477. The lowest BCUT2D eigenvalue weighted by molar-refractivity contribution is 0.294. The lowest BCUT2D eigenvalue weighted by Crippen LogP contribution is -2.06. The maximum absolute atomic E-state index is 5.81. The van der Waals surface area contributed by atoms with Crippen LogP contribution in [-0.4, -0.2) is 21.1 Å². The summed E-state index contributed by atoms with van der Waals surface area (Å²) in [7, 11) is 0. The van der Waals surface area contributed by atoms with Crippen molar-refractivity contribution in [1.82, 2.24) is 14.5 Å². The van der Waals surface area contributed by atoms with Crippen molar-refractivity contribution in [2.24, 2.45) is 5.92 Å². The molecule has 4 heteroatoms. The molecule has 0 atom stereocenters. The van der Waals surface area contributed by atoms with Crippen molar-refractivity contribution in [3.8, 4) is 5.75 Å². The van der Waals surface area contributed by atoms with Gasteiger partial charge in [0.15, 0.2) is 0 Å². The second-order valence-electron chi connectivity index (χ2n) is 4.44. The zero-order valence-electron chi connectivity index (χ0n) is 9.62. The molecule has 0 N–H and O–H groups in total. The van der Waals surface area contributed by atoms with E-state index in [1.165, 1.54) is 12.8 Å². The van der Waals surface area contributed by atoms with Crippen LogP contribution in [0.3, 0.4) is 0 Å². The van der Waals surface area contributed by atoms with Gasteiger partial charge in [-0.15, -0.1) is 0 Å². The summed E-state index contributed by atoms with van der Waals surface area (Å²) in [5, 5.41) is 0. The van der Waals surface area contributed by atoms with Gasteiger partial charge in [-0.1, -0.05) is 0 Å². The predicted octanol–water partition coefficient (Wildman–Crippen LogP) is 2.12. The van der Waals surface area contributed by atoms with E-state index in [1.54, 1.807) is 18.7 Å². The number of hydrogen-bond donors (Lipinski definition) is 0. The van der Waals surface area contributed by atoms with Gasteiger partial charge in [0.1, 0.15) is 11.4 Å². The van der Waals surface area contributed by atoms with Crippen molar-refractivity contribution in [2.45, 2.75) is 19.4 Å². The molecule has 2 aromatic heterocycles. The van der Waals surface area contributed by atoms with Gasteiger partial charge in [-0.3, -0.25) is 4.98 Å². The molecule has 1 saturated carbocycles. The van der Waals surface area contributed by atoms with Crippen LogP contribution in [0.2, 0.25) is 0 Å². The van der Waals surface area contributed by atoms with Crippen molar-refractivity contribution in [3.05, 3.63) is 42.7 Å². The zero-order valence-corrected chi connectivity index (χ0v) is 9.62. The third-order valence-electron chi connectivity index (χ3n) is 2.91. The minimum Gasteiger partial charge on any atom is -0.491 e. The Kier molecular flexibility index (Phi) is 2.78. The largest absolute Gasteiger partial charge is 0.491 e. The maximum Gasteiger partial charge on any atom is 0.142 e. The fourth-order valence-electron chi connectivity index (χ4n) is 1.72. The monoisotopic (exact) mass is 229 g/mol. The van der Waals surface area contributed by atoms with E-state index in [2.05, 4.69) is 9.97 Å². The smallest absolute Gasteiger partial charge is 0.142 e. The van der Waals surface area contributed by atoms with Crippen LogP contribution in [0.15, 0.2) is 37.1 Å². The molecule has 17 heavy (non-hydrogen) atoms. The Balaban J connectivity index is 1.72. The van der Waals surface area contributed by atoms with Gasteiger partial charge >= 0.3 is 0 Å². The Hall–Kier alpha value is -1.84. The highest BCUT2D eigenvalue weighted by molar-refractivity contribution is 5.27. The fraction of sp³-hybridized carbons (Fsp3) is 0.385. The molecule has 2 aromatic rings. The van der Waals surface area contributed by atoms with Crippen molar-refractivity contribution >= 4 is 0 Å². The Labute approximate surface area is 100 Å². The van der Waals surface area contributed by atoms with Crippen LogP contribution >= 0.6 is 0 Å². The fourth-order valence-corrected chi connectivity index (χ4v) is 1.72. The van der Waals surface area contributed by atoms with Gasteiger partial charge in [0, 0.05) is 18.6 Å². The van der Waals surface area contributed by atoms with Crippen LogP contribution in [0.5, 0.6) is 5.75 Å². The summed E-state index contributed by atoms with van der Waals surface area (Å²) < 4.78 is 7.81. The van der Waals surface area contributed by atoms with Crippen LogP contribution in [0.4, 0.5) is 0 Å². The minimum absolute atomic E-state index is 0.709. The zero-order chi connectivity index (χ0) is 11.5. The third kappa shape index (κ3) is 2.64.